The van der Waals surface area contributed by atoms with Gasteiger partial charge in [0.05, 0.1) is 28.7 Å². The number of rotatable bonds is 2. The maximum absolute atomic E-state index is 7.13. The summed E-state index contributed by atoms with van der Waals surface area (Å²) in [5, 5.41) is 2.52. The van der Waals surface area contributed by atoms with Gasteiger partial charge in [-0.25, -0.2) is 4.57 Å². The smallest absolute Gasteiger partial charge is 0.288 e. The van der Waals surface area contributed by atoms with E-state index in [1.807, 2.05) is 0 Å². The molecule has 2 aromatic heterocycles. The Morgan fingerprint density at radius 3 is 2.09 bits per heavy atom. The molecule has 7 aromatic rings. The summed E-state index contributed by atoms with van der Waals surface area (Å²) in [6, 6.07) is 42.7. The van der Waals surface area contributed by atoms with Crippen molar-refractivity contribution in [3.8, 4) is 28.4 Å². The van der Waals surface area contributed by atoms with Crippen LogP contribution in [0.5, 0.6) is 11.5 Å². The quantitative estimate of drug-likeness (QED) is 0.169. The lowest BCUT2D eigenvalue weighted by Gasteiger charge is -2.44. The van der Waals surface area contributed by atoms with Gasteiger partial charge in [0.1, 0.15) is 17.0 Å². The van der Waals surface area contributed by atoms with Crippen LogP contribution in [0.15, 0.2) is 128 Å². The van der Waals surface area contributed by atoms with Crippen LogP contribution in [0.25, 0.3) is 44.4 Å². The Labute approximate surface area is 311 Å². The van der Waals surface area contributed by atoms with E-state index in [9.17, 15) is 0 Å². The van der Waals surface area contributed by atoms with Crippen molar-refractivity contribution < 1.29 is 9.30 Å². The van der Waals surface area contributed by atoms with Crippen molar-refractivity contribution >= 4 is 33.2 Å². The van der Waals surface area contributed by atoms with Gasteiger partial charge in [-0.15, -0.1) is 0 Å². The number of aromatic nitrogens is 2. The molecule has 0 N–H and O–H groups in total. The molecule has 260 valence electrons. The lowest BCUT2D eigenvalue weighted by Crippen LogP contribution is -2.70. The second-order valence-corrected chi connectivity index (χ2v) is 17.4. The molecule has 0 radical (unpaired) electrons. The van der Waals surface area contributed by atoms with Gasteiger partial charge in [0.2, 0.25) is 5.54 Å². The summed E-state index contributed by atoms with van der Waals surface area (Å²) in [6.07, 6.45) is 4.68. The van der Waals surface area contributed by atoms with Gasteiger partial charge in [-0.2, -0.15) is 4.57 Å². The van der Waals surface area contributed by atoms with Crippen LogP contribution in [-0.2, 0) is 16.4 Å². The van der Waals surface area contributed by atoms with Crippen molar-refractivity contribution in [2.75, 3.05) is 11.9 Å². The second kappa shape index (κ2) is 9.99. The Morgan fingerprint density at radius 2 is 1.34 bits per heavy atom. The Morgan fingerprint density at radius 1 is 0.642 bits per heavy atom. The molecule has 5 aromatic carbocycles. The molecule has 0 saturated carbocycles. The molecular weight excluding hydrogens is 649 g/mol. The first-order valence-corrected chi connectivity index (χ1v) is 18.9. The number of pyridine rings is 1. The van der Waals surface area contributed by atoms with Gasteiger partial charge >= 0.3 is 0 Å². The number of para-hydroxylation sites is 1. The largest absolute Gasteiger partial charge is 0.456 e. The highest BCUT2D eigenvalue weighted by atomic mass is 16.5. The van der Waals surface area contributed by atoms with Crippen LogP contribution in [0.1, 0.15) is 69.4 Å². The number of ether oxygens (including phenoxy) is 1. The van der Waals surface area contributed by atoms with Crippen molar-refractivity contribution in [1.82, 2.24) is 9.47 Å². The van der Waals surface area contributed by atoms with Crippen LogP contribution in [0.2, 0.25) is 0 Å². The lowest BCUT2D eigenvalue weighted by molar-refractivity contribution is -0.743. The standard InChI is InChI=1S/C48H43N4O/c1-46(2,3)32-23-24-51-41(27-32)52-36-16-12-11-15-34(36)35-21-22-39-43(44(35)52)48(51)42-37(25-33(47(4,5)6)26-40(42)53-39)50-28-38(49(7)45(48)50)31-19-17-30(18-20-31)29-13-9-8-10-14-29/h8-28,45H,1-7H3/q+1. The van der Waals surface area contributed by atoms with Gasteiger partial charge in [0, 0.05) is 30.1 Å². The highest BCUT2D eigenvalue weighted by Gasteiger charge is 2.68. The molecule has 1 spiro atoms. The summed E-state index contributed by atoms with van der Waals surface area (Å²) >= 11 is 0. The average molecular weight is 692 g/mol. The minimum absolute atomic E-state index is 0.0235. The van der Waals surface area contributed by atoms with E-state index in [0.717, 1.165) is 11.5 Å². The van der Waals surface area contributed by atoms with Gasteiger partial charge in [0.15, 0.2) is 11.7 Å². The minimum Gasteiger partial charge on any atom is -0.456 e. The zero-order valence-electron chi connectivity index (χ0n) is 31.4. The maximum Gasteiger partial charge on any atom is 0.288 e. The molecule has 4 aliphatic rings. The number of fused-ring (bicyclic) bond motifs is 7. The van der Waals surface area contributed by atoms with Crippen LogP contribution >= 0.6 is 0 Å². The monoisotopic (exact) mass is 691 g/mol. The van der Waals surface area contributed by atoms with Gasteiger partial charge < -0.3 is 14.5 Å². The molecular formula is C48H43N4O+. The third kappa shape index (κ3) is 3.84. The summed E-state index contributed by atoms with van der Waals surface area (Å²) < 4.78 is 12.2. The lowest BCUT2D eigenvalue weighted by atomic mass is 9.75. The van der Waals surface area contributed by atoms with E-state index in [1.165, 1.54) is 78.0 Å². The summed E-state index contributed by atoms with van der Waals surface area (Å²) in [5.74, 6) is 3.06. The molecule has 0 saturated heterocycles. The normalized spacial score (nSPS) is 19.3. The SMILES string of the molecule is CN1C(c2ccc(-c3ccccc3)cc2)=CN2c3cc(C(C)(C)C)cc4c3C3(c5c(ccc6c7ccccc7n(c56)-c5cc(C(C)(C)C)cc[n+]53)O4)C12. The maximum atomic E-state index is 7.13. The van der Waals surface area contributed by atoms with Gasteiger partial charge in [-0.1, -0.05) is 108 Å². The summed E-state index contributed by atoms with van der Waals surface area (Å²) in [5.41, 5.74) is 12.9. The van der Waals surface area contributed by atoms with E-state index < -0.39 is 5.54 Å². The molecule has 0 bridgehead atoms. The van der Waals surface area contributed by atoms with E-state index in [1.54, 1.807) is 0 Å². The van der Waals surface area contributed by atoms with Gasteiger partial charge in [0.25, 0.3) is 5.82 Å². The molecule has 0 fully saturated rings. The molecule has 0 amide bonds. The van der Waals surface area contributed by atoms with Crippen molar-refractivity contribution in [1.29, 1.82) is 0 Å². The Kier molecular flexibility index (Phi) is 5.80. The molecule has 11 rings (SSSR count). The van der Waals surface area contributed by atoms with Crippen molar-refractivity contribution in [3.05, 3.63) is 155 Å². The number of hydrogen-bond acceptors (Lipinski definition) is 3. The fourth-order valence-corrected chi connectivity index (χ4v) is 9.76. The summed E-state index contributed by atoms with van der Waals surface area (Å²) in [7, 11) is 2.29. The van der Waals surface area contributed by atoms with Crippen LogP contribution in [0.4, 0.5) is 5.69 Å². The Hall–Kier alpha value is -5.81. The van der Waals surface area contributed by atoms with E-state index >= 15 is 0 Å². The minimum atomic E-state index is -0.610. The molecule has 0 aliphatic carbocycles. The van der Waals surface area contributed by atoms with Crippen LogP contribution in [-0.4, -0.2) is 22.7 Å². The average Bonchev–Trinajstić information content (AvgIpc) is 3.78. The molecule has 2 unspecified atom stereocenters. The highest BCUT2D eigenvalue weighted by Crippen LogP contribution is 2.64. The third-order valence-corrected chi connectivity index (χ3v) is 12.3. The summed E-state index contributed by atoms with van der Waals surface area (Å²) in [6.45, 7) is 13.8. The number of benzene rings is 5. The molecule has 53 heavy (non-hydrogen) atoms. The van der Waals surface area contributed by atoms with Crippen LogP contribution in [0, 0.1) is 0 Å². The van der Waals surface area contributed by atoms with Crippen LogP contribution in [0.3, 0.4) is 0 Å². The van der Waals surface area contributed by atoms with Gasteiger partial charge in [-0.05, 0) is 81.1 Å². The Balaban J connectivity index is 1.24. The first-order chi connectivity index (χ1) is 25.5. The fourth-order valence-electron chi connectivity index (χ4n) is 9.76. The molecule has 5 heteroatoms. The number of anilines is 1. The summed E-state index contributed by atoms with van der Waals surface area (Å²) in [4.78, 5) is 5.08. The fraction of sp³-hybridized carbons (Fsp3) is 0.229. The molecule has 2 atom stereocenters. The zero-order chi connectivity index (χ0) is 36.2. The first kappa shape index (κ1) is 30.8. The van der Waals surface area contributed by atoms with Crippen molar-refractivity contribution in [2.24, 2.45) is 0 Å². The molecule has 4 aliphatic heterocycles. The zero-order valence-corrected chi connectivity index (χ0v) is 31.4. The second-order valence-electron chi connectivity index (χ2n) is 17.4. The first-order valence-electron chi connectivity index (χ1n) is 18.9. The van der Waals surface area contributed by atoms with Crippen LogP contribution < -0.4 is 14.2 Å². The number of likely N-dealkylation sites (N-methyl/N-ethyl adjacent to an activating group) is 1. The topological polar surface area (TPSA) is 24.5 Å². The Bertz CT molecular complexity index is 2740. The van der Waals surface area contributed by atoms with Gasteiger partial charge in [-0.3, -0.25) is 0 Å². The van der Waals surface area contributed by atoms with E-state index in [0.29, 0.717) is 0 Å². The predicted molar refractivity (Wildman–Crippen MR) is 215 cm³/mol. The molecule has 5 nitrogen and oxygen atoms in total. The number of nitrogens with zero attached hydrogens (tertiary/aromatic N) is 4. The molecule has 6 heterocycles. The van der Waals surface area contributed by atoms with E-state index in [2.05, 4.69) is 195 Å². The highest BCUT2D eigenvalue weighted by molar-refractivity contribution is 6.12. The number of hydrogen-bond donors (Lipinski definition) is 0. The van der Waals surface area contributed by atoms with E-state index in [-0.39, 0.29) is 17.0 Å². The van der Waals surface area contributed by atoms with E-state index in [4.69, 9.17) is 4.74 Å². The predicted octanol–water partition coefficient (Wildman–Crippen LogP) is 10.6. The van der Waals surface area contributed by atoms with Crippen molar-refractivity contribution in [2.45, 2.75) is 64.1 Å². The third-order valence-electron chi connectivity index (χ3n) is 12.3. The van der Waals surface area contributed by atoms with Crippen molar-refractivity contribution in [3.63, 3.8) is 0 Å².